The average Bonchev–Trinajstić information content (AvgIpc) is 3.68. The Bertz CT molecular complexity index is 1150. The van der Waals surface area contributed by atoms with Crippen LogP contribution in [0.2, 0.25) is 0 Å². The van der Waals surface area contributed by atoms with Crippen molar-refractivity contribution in [1.82, 2.24) is 5.09 Å². The normalized spacial score (nSPS) is 18.0. The minimum Gasteiger partial charge on any atom is -0.297 e. The molecule has 1 N–H and O–H groups in total. The van der Waals surface area contributed by atoms with E-state index in [-0.39, 0.29) is 17.1 Å². The summed E-state index contributed by atoms with van der Waals surface area (Å²) in [5.41, 5.74) is 0.975. The minimum absolute atomic E-state index is 0. The van der Waals surface area contributed by atoms with Crippen LogP contribution in [0.3, 0.4) is 0 Å². The summed E-state index contributed by atoms with van der Waals surface area (Å²) in [6.07, 6.45) is 15.8. The number of hydrogen-bond acceptors (Lipinski definition) is 2. The van der Waals surface area contributed by atoms with Crippen molar-refractivity contribution in [3.8, 4) is 0 Å². The molecule has 200 valence electrons. The summed E-state index contributed by atoms with van der Waals surface area (Å²) >= 11 is 0. The Labute approximate surface area is 249 Å². The van der Waals surface area contributed by atoms with Gasteiger partial charge in [0.15, 0.2) is 0 Å². The Hall–Kier alpha value is -1.48. The molecule has 6 heteroatoms. The summed E-state index contributed by atoms with van der Waals surface area (Å²) in [5.74, 6) is 0.890. The van der Waals surface area contributed by atoms with E-state index in [4.69, 9.17) is 0 Å². The first-order chi connectivity index (χ1) is 18.3. The van der Waals surface area contributed by atoms with Crippen molar-refractivity contribution in [3.63, 3.8) is 0 Å². The zero-order valence-electron chi connectivity index (χ0n) is 22.4. The van der Waals surface area contributed by atoms with E-state index in [2.05, 4.69) is 5.09 Å². The van der Waals surface area contributed by atoms with Crippen LogP contribution in [-0.4, -0.2) is 8.96 Å². The quantitative estimate of drug-likeness (QED) is 0.249. The molecule has 0 unspecified atom stereocenters. The van der Waals surface area contributed by atoms with E-state index in [1.54, 1.807) is 0 Å². The van der Waals surface area contributed by atoms with Gasteiger partial charge in [0.05, 0.1) is 5.25 Å². The first-order valence-electron chi connectivity index (χ1n) is 12.7. The molecule has 2 aliphatic rings. The van der Waals surface area contributed by atoms with Gasteiger partial charge in [0.2, 0.25) is 7.29 Å². The molecule has 0 bridgehead atoms. The fourth-order valence-corrected chi connectivity index (χ4v) is 7.89. The second kappa shape index (κ2) is 14.9. The molecule has 0 aliphatic heterocycles. The summed E-state index contributed by atoms with van der Waals surface area (Å²) in [6, 6.07) is 28.7. The third-order valence-electron chi connectivity index (χ3n) is 6.11. The van der Waals surface area contributed by atoms with Gasteiger partial charge in [0.1, 0.15) is 0 Å². The van der Waals surface area contributed by atoms with Crippen molar-refractivity contribution < 1.29 is 25.8 Å². The van der Waals surface area contributed by atoms with E-state index >= 15 is 0 Å². The molecule has 2 atom stereocenters. The van der Waals surface area contributed by atoms with Crippen molar-refractivity contribution in [2.24, 2.45) is 0 Å². The van der Waals surface area contributed by atoms with Crippen LogP contribution in [0.1, 0.15) is 32.4 Å². The number of nitrogens with one attached hydrogen (secondary N) is 1. The average molecular weight is 596 g/mol. The maximum absolute atomic E-state index is 14.8. The van der Waals surface area contributed by atoms with E-state index in [1.807, 2.05) is 163 Å². The van der Waals surface area contributed by atoms with E-state index in [1.165, 1.54) is 0 Å². The van der Waals surface area contributed by atoms with Gasteiger partial charge in [-0.15, -0.1) is 0 Å². The zero-order valence-corrected chi connectivity index (χ0v) is 25.2. The largest absolute Gasteiger partial charge is 2.00 e. The molecule has 0 saturated heterocycles. The fourth-order valence-electron chi connectivity index (χ4n) is 4.20. The molecule has 39 heavy (non-hydrogen) atoms. The molecule has 0 amide bonds. The van der Waals surface area contributed by atoms with Gasteiger partial charge in [-0.25, -0.2) is 0 Å². The van der Waals surface area contributed by atoms with Crippen molar-refractivity contribution in [2.75, 3.05) is 0 Å². The van der Waals surface area contributed by atoms with E-state index < -0.39 is 28.9 Å². The predicted molar refractivity (Wildman–Crippen MR) is 161 cm³/mol. The molecule has 5 rings (SSSR count). The number of hydrogen-bond donors (Lipinski definition) is 1. The third kappa shape index (κ3) is 8.27. The Morgan fingerprint density at radius 2 is 1.10 bits per heavy atom. The van der Waals surface area contributed by atoms with E-state index in [0.29, 0.717) is 0 Å². The standard InChI is InChI=1S/C28H29NO2PS.C5H5.Fe/c1-28(2,3)33(31)26-21-13-20-25(26)27(22-14-7-4-8-15-22)29-32(30,23-16-9-5-10-17-23)24-18-11-6-12-19-24;1-2-4-5-3-1;/h4-21,27H,1-3H3,(H,29,30);1-5H;/q;;+2/t27-,33+;;/m0../s1. The monoisotopic (exact) mass is 595 g/mol. The van der Waals surface area contributed by atoms with E-state index in [9.17, 15) is 8.77 Å². The van der Waals surface area contributed by atoms with Gasteiger partial charge < -0.3 is 0 Å². The molecule has 10 radical (unpaired) electrons. The van der Waals surface area contributed by atoms with Crippen molar-refractivity contribution >= 4 is 28.7 Å². The SMILES string of the molecule is CC(C)(C)[S@](=O)[C]1[CH][CH][CH][C]1[C@@H](NP(=O)(c1ccccc1)c1ccccc1)c1ccccc1.[CH]1[CH][CH][CH][CH]1.[Fe+2]. The summed E-state index contributed by atoms with van der Waals surface area (Å²) in [7, 11) is -4.45. The van der Waals surface area contributed by atoms with Crippen LogP contribution in [0.15, 0.2) is 91.0 Å². The smallest absolute Gasteiger partial charge is 0.297 e. The van der Waals surface area contributed by atoms with Crippen LogP contribution in [0.25, 0.3) is 0 Å². The van der Waals surface area contributed by atoms with Crippen LogP contribution in [-0.2, 0) is 32.4 Å². The Morgan fingerprint density at radius 1 is 0.667 bits per heavy atom. The van der Waals surface area contributed by atoms with Crippen LogP contribution < -0.4 is 15.7 Å². The second-order valence-corrected chi connectivity index (χ2v) is 14.7. The summed E-state index contributed by atoms with van der Waals surface area (Å²) in [5, 5.41) is 5.80. The van der Waals surface area contributed by atoms with Crippen molar-refractivity contribution in [1.29, 1.82) is 0 Å². The summed E-state index contributed by atoms with van der Waals surface area (Å²) in [4.78, 5) is 0. The molecule has 3 nitrogen and oxygen atoms in total. The van der Waals surface area contributed by atoms with Crippen LogP contribution in [0, 0.1) is 62.5 Å². The third-order valence-corrected chi connectivity index (χ3v) is 10.7. The van der Waals surface area contributed by atoms with Gasteiger partial charge in [-0.2, -0.15) is 0 Å². The maximum Gasteiger partial charge on any atom is 2.00 e. The molecular weight excluding hydrogens is 561 g/mol. The molecule has 2 aliphatic carbocycles. The summed E-state index contributed by atoms with van der Waals surface area (Å²) < 4.78 is 27.8. The topological polar surface area (TPSA) is 46.2 Å². The molecule has 3 aromatic carbocycles. The van der Waals surface area contributed by atoms with Gasteiger partial charge in [0.25, 0.3) is 0 Å². The molecule has 0 spiro atoms. The second-order valence-electron chi connectivity index (χ2n) is 9.94. The van der Waals surface area contributed by atoms with Crippen LogP contribution in [0.4, 0.5) is 0 Å². The number of benzene rings is 3. The molecule has 3 aromatic rings. The fraction of sp³-hybridized carbons (Fsp3) is 0.152. The van der Waals surface area contributed by atoms with Crippen molar-refractivity contribution in [3.05, 3.63) is 159 Å². The van der Waals surface area contributed by atoms with Gasteiger partial charge in [-0.3, -0.25) is 13.9 Å². The van der Waals surface area contributed by atoms with Crippen molar-refractivity contribution in [2.45, 2.75) is 31.6 Å². The van der Waals surface area contributed by atoms with Gasteiger partial charge in [-0.1, -0.05) is 66.7 Å². The van der Waals surface area contributed by atoms with Gasteiger partial charge in [0, 0.05) is 38.1 Å². The number of rotatable bonds is 7. The summed E-state index contributed by atoms with van der Waals surface area (Å²) in [6.45, 7) is 5.93. The molecular formula is C33H34FeNO2PS+2. The maximum atomic E-state index is 14.8. The van der Waals surface area contributed by atoms with Gasteiger partial charge in [-0.05, 0) is 102 Å². The predicted octanol–water partition coefficient (Wildman–Crippen LogP) is 6.55. The zero-order chi connectivity index (χ0) is 27.0. The molecule has 2 saturated carbocycles. The molecule has 2 fully saturated rings. The van der Waals surface area contributed by atoms with Crippen LogP contribution in [0.5, 0.6) is 0 Å². The Kier molecular flexibility index (Phi) is 12.3. The first kappa shape index (κ1) is 32.0. The molecule has 0 aromatic heterocycles. The van der Waals surface area contributed by atoms with E-state index in [0.717, 1.165) is 27.3 Å². The Morgan fingerprint density at radius 3 is 1.54 bits per heavy atom. The molecule has 0 heterocycles. The Balaban J connectivity index is 0.000000630. The van der Waals surface area contributed by atoms with Crippen LogP contribution >= 0.6 is 7.29 Å². The minimum atomic E-state index is -3.23. The first-order valence-corrected chi connectivity index (χ1v) is 15.5. The van der Waals surface area contributed by atoms with Gasteiger partial charge >= 0.3 is 17.1 Å².